The molecule has 0 aliphatic heterocycles. The Morgan fingerprint density at radius 2 is 0.939 bits per heavy atom. The van der Waals surface area contributed by atoms with E-state index in [1.807, 2.05) is 12.1 Å². The minimum atomic E-state index is -0.376. The van der Waals surface area contributed by atoms with Crippen LogP contribution in [0.3, 0.4) is 0 Å². The van der Waals surface area contributed by atoms with E-state index >= 15 is 0 Å². The third kappa shape index (κ3) is 8.78. The molecular formula is C62H94O4. The number of ether oxygens (including phenoxy) is 2. The molecule has 366 valence electrons. The van der Waals surface area contributed by atoms with E-state index in [0.29, 0.717) is 22.0 Å². The monoisotopic (exact) mass is 903 g/mol. The number of esters is 2. The lowest BCUT2D eigenvalue weighted by molar-refractivity contribution is -0.0597. The van der Waals surface area contributed by atoms with E-state index < -0.39 is 0 Å². The number of hydrogen-bond acceptors (Lipinski definition) is 4. The van der Waals surface area contributed by atoms with Crippen LogP contribution in [0.2, 0.25) is 0 Å². The molecule has 9 rings (SSSR count). The first-order valence-electron chi connectivity index (χ1n) is 28.4. The zero-order valence-corrected chi connectivity index (χ0v) is 43.7. The molecule has 6 saturated carbocycles. The molecule has 0 radical (unpaired) electrons. The van der Waals surface area contributed by atoms with Gasteiger partial charge in [-0.3, -0.25) is 0 Å². The van der Waals surface area contributed by atoms with E-state index in [9.17, 15) is 9.59 Å². The normalized spacial score (nSPS) is 41.3. The minimum absolute atomic E-state index is 0.155. The summed E-state index contributed by atoms with van der Waals surface area (Å²) >= 11 is 0. The Balaban J connectivity index is 0.800. The zero-order chi connectivity index (χ0) is 46.8. The zero-order valence-electron chi connectivity index (χ0n) is 43.7. The molecule has 0 aromatic heterocycles. The SMILES string of the molecule is CC(C)CCC[C@@H](C)[C@H]1CC[C@H]2[C@@H]3CC=C4C[C@@H](OC(=O)c5ccccc5C(=O)O[C@H]5CC[C@@]6(C)C(=CC[C@H]7[C@@H]8CC[C@H]([C@H](C)CCCC(C)C)[C@@]8(C)CC[C@@H]76)C5)CC[C@]4(C)[C@H]3CC[C@]12C. The molecule has 0 N–H and O–H groups in total. The molecule has 0 heterocycles. The van der Waals surface area contributed by atoms with E-state index in [-0.39, 0.29) is 35.0 Å². The van der Waals surface area contributed by atoms with Crippen LogP contribution in [0.4, 0.5) is 0 Å². The van der Waals surface area contributed by atoms with Gasteiger partial charge in [-0.1, -0.05) is 143 Å². The fourth-order valence-corrected chi connectivity index (χ4v) is 18.8. The Hall–Kier alpha value is -2.36. The summed E-state index contributed by atoms with van der Waals surface area (Å²) in [7, 11) is 0. The van der Waals surface area contributed by atoms with Crippen LogP contribution in [0.5, 0.6) is 0 Å². The Labute approximate surface area is 403 Å². The second kappa shape index (κ2) is 19.1. The molecule has 16 atom stereocenters. The van der Waals surface area contributed by atoms with Crippen LogP contribution >= 0.6 is 0 Å². The third-order valence-electron chi connectivity index (χ3n) is 22.4. The summed E-state index contributed by atoms with van der Waals surface area (Å²) in [5.41, 5.74) is 5.13. The summed E-state index contributed by atoms with van der Waals surface area (Å²) in [5, 5.41) is 0. The van der Waals surface area contributed by atoms with Crippen molar-refractivity contribution in [3.05, 3.63) is 58.7 Å². The molecule has 0 spiro atoms. The van der Waals surface area contributed by atoms with Crippen molar-refractivity contribution in [2.24, 2.45) is 92.7 Å². The van der Waals surface area contributed by atoms with Crippen LogP contribution in [0.25, 0.3) is 0 Å². The maximum atomic E-state index is 14.1. The van der Waals surface area contributed by atoms with Gasteiger partial charge in [-0.15, -0.1) is 0 Å². The summed E-state index contributed by atoms with van der Waals surface area (Å²) in [6.45, 7) is 25.1. The molecule has 1 aromatic carbocycles. The van der Waals surface area contributed by atoms with E-state index in [4.69, 9.17) is 9.47 Å². The Kier molecular flexibility index (Phi) is 14.1. The van der Waals surface area contributed by atoms with Crippen molar-refractivity contribution >= 4 is 11.9 Å². The van der Waals surface area contributed by atoms with Gasteiger partial charge in [0, 0.05) is 12.8 Å². The molecule has 66 heavy (non-hydrogen) atoms. The van der Waals surface area contributed by atoms with Crippen molar-refractivity contribution in [1.29, 1.82) is 0 Å². The van der Waals surface area contributed by atoms with Crippen molar-refractivity contribution in [1.82, 2.24) is 0 Å². The summed E-state index contributed by atoms with van der Waals surface area (Å²) < 4.78 is 12.8. The number of carbonyl (C=O) groups is 2. The Morgan fingerprint density at radius 3 is 1.33 bits per heavy atom. The second-order valence-corrected chi connectivity index (χ2v) is 26.7. The van der Waals surface area contributed by atoms with Gasteiger partial charge in [0.05, 0.1) is 11.1 Å². The van der Waals surface area contributed by atoms with Crippen molar-refractivity contribution in [2.45, 2.75) is 223 Å². The molecule has 8 aliphatic rings. The highest BCUT2D eigenvalue weighted by atomic mass is 16.6. The van der Waals surface area contributed by atoms with Gasteiger partial charge in [0.15, 0.2) is 0 Å². The Morgan fingerprint density at radius 1 is 0.530 bits per heavy atom. The van der Waals surface area contributed by atoms with Crippen molar-refractivity contribution in [3.8, 4) is 0 Å². The standard InChI is InChI=1S/C62H94O4/c1-39(2)15-13-17-41(5)51-25-27-53-49-23-21-43-37-45(29-33-59(43,7)55(49)31-35-61(51,53)9)65-57(63)47-19-11-12-20-48(47)58(64)66-46-30-34-60(8)44(38-46)22-24-50-54-28-26-52(42(6)18-14-16-40(3)4)62(54,10)36-32-56(50)60/h11-12,19-22,39-42,45-46,49-56H,13-18,23-38H2,1-10H3/t41-,42-,45+,46+,49+,50+,51-,52-,53+,54+,55+,56+,59+,60+,61-,62-/m1/s1. The molecule has 0 amide bonds. The van der Waals surface area contributed by atoms with E-state index in [0.717, 1.165) is 110 Å². The van der Waals surface area contributed by atoms with Crippen molar-refractivity contribution in [3.63, 3.8) is 0 Å². The van der Waals surface area contributed by atoms with Crippen molar-refractivity contribution < 1.29 is 19.1 Å². The highest BCUT2D eigenvalue weighted by Gasteiger charge is 2.61. The number of rotatable bonds is 14. The first-order chi connectivity index (χ1) is 31.5. The summed E-state index contributed by atoms with van der Waals surface area (Å²) in [4.78, 5) is 28.2. The molecule has 1 aromatic rings. The average molecular weight is 903 g/mol. The topological polar surface area (TPSA) is 52.6 Å². The van der Waals surface area contributed by atoms with Gasteiger partial charge in [-0.2, -0.15) is 0 Å². The average Bonchev–Trinajstić information content (AvgIpc) is 3.83. The number of allylic oxidation sites excluding steroid dienone is 2. The summed E-state index contributed by atoms with van der Waals surface area (Å²) in [6.07, 6.45) is 32.3. The number of carbonyl (C=O) groups excluding carboxylic acids is 2. The van der Waals surface area contributed by atoms with Crippen LogP contribution in [0.15, 0.2) is 47.6 Å². The van der Waals surface area contributed by atoms with Gasteiger partial charge in [-0.05, 0) is 195 Å². The molecule has 6 fully saturated rings. The maximum absolute atomic E-state index is 14.1. The number of hydrogen-bond donors (Lipinski definition) is 0. The Bertz CT molecular complexity index is 1830. The van der Waals surface area contributed by atoms with Gasteiger partial charge in [-0.25, -0.2) is 9.59 Å². The fourth-order valence-electron chi connectivity index (χ4n) is 18.8. The molecule has 8 aliphatic carbocycles. The summed E-state index contributed by atoms with van der Waals surface area (Å²) in [6, 6.07) is 7.26. The van der Waals surface area contributed by atoms with Crippen LogP contribution in [0.1, 0.15) is 231 Å². The minimum Gasteiger partial charge on any atom is -0.458 e. The largest absolute Gasteiger partial charge is 0.458 e. The highest BCUT2D eigenvalue weighted by Crippen LogP contribution is 2.69. The quantitative estimate of drug-likeness (QED) is 0.138. The highest BCUT2D eigenvalue weighted by molar-refractivity contribution is 6.03. The number of fused-ring (bicyclic) bond motifs is 10. The van der Waals surface area contributed by atoms with Crippen molar-refractivity contribution in [2.75, 3.05) is 0 Å². The van der Waals surface area contributed by atoms with E-state index in [2.05, 4.69) is 81.4 Å². The molecule has 0 unspecified atom stereocenters. The van der Waals surface area contributed by atoms with Gasteiger partial charge in [0.1, 0.15) is 12.2 Å². The predicted molar refractivity (Wildman–Crippen MR) is 271 cm³/mol. The van der Waals surface area contributed by atoms with Crippen LogP contribution in [-0.2, 0) is 9.47 Å². The number of benzene rings is 1. The lowest BCUT2D eigenvalue weighted by Crippen LogP contribution is -2.51. The molecule has 0 bridgehead atoms. The first-order valence-corrected chi connectivity index (χ1v) is 28.4. The molecule has 4 heteroatoms. The maximum Gasteiger partial charge on any atom is 0.339 e. The molecule has 0 saturated heterocycles. The smallest absolute Gasteiger partial charge is 0.339 e. The van der Waals surface area contributed by atoms with Crippen LogP contribution in [0, 0.1) is 92.7 Å². The van der Waals surface area contributed by atoms with Crippen LogP contribution in [-0.4, -0.2) is 24.1 Å². The van der Waals surface area contributed by atoms with Gasteiger partial charge >= 0.3 is 11.9 Å². The van der Waals surface area contributed by atoms with Gasteiger partial charge in [0.2, 0.25) is 0 Å². The fraction of sp³-hybridized carbons (Fsp3) is 0.806. The van der Waals surface area contributed by atoms with E-state index in [1.165, 1.54) is 114 Å². The molecule has 4 nitrogen and oxygen atoms in total. The molecular weight excluding hydrogens is 809 g/mol. The third-order valence-corrected chi connectivity index (χ3v) is 22.4. The van der Waals surface area contributed by atoms with Gasteiger partial charge in [0.25, 0.3) is 0 Å². The van der Waals surface area contributed by atoms with Crippen LogP contribution < -0.4 is 0 Å². The van der Waals surface area contributed by atoms with Gasteiger partial charge < -0.3 is 9.47 Å². The first kappa shape index (κ1) is 48.7. The lowest BCUT2D eigenvalue weighted by atomic mass is 9.47. The summed E-state index contributed by atoms with van der Waals surface area (Å²) in [5.74, 6) is 8.98. The second-order valence-electron chi connectivity index (χ2n) is 26.7. The lowest BCUT2D eigenvalue weighted by Gasteiger charge is -2.58. The van der Waals surface area contributed by atoms with E-state index in [1.54, 1.807) is 12.1 Å². The predicted octanol–water partition coefficient (Wildman–Crippen LogP) is 16.8.